The molecule has 0 fully saturated rings. The minimum Gasteiger partial charge on any atom is -0.467 e. The van der Waals surface area contributed by atoms with Crippen molar-refractivity contribution in [1.82, 2.24) is 10.6 Å². The summed E-state index contributed by atoms with van der Waals surface area (Å²) < 4.78 is 11.0. The lowest BCUT2D eigenvalue weighted by molar-refractivity contribution is -0.384. The first-order valence-electron chi connectivity index (χ1n) is 8.88. The minimum absolute atomic E-state index is 0.0591. The molecule has 0 saturated carbocycles. The molecule has 0 amide bonds. The molecule has 8 nitrogen and oxygen atoms in total. The highest BCUT2D eigenvalue weighted by atomic mass is 16.6. The summed E-state index contributed by atoms with van der Waals surface area (Å²) in [5.74, 6) is 3.01. The van der Waals surface area contributed by atoms with Gasteiger partial charge in [-0.2, -0.15) is 0 Å². The first-order valence-corrected chi connectivity index (χ1v) is 8.88. The quantitative estimate of drug-likeness (QED) is 0.276. The molecule has 1 unspecified atom stereocenters. The molecule has 0 aliphatic heterocycles. The van der Waals surface area contributed by atoms with E-state index in [1.54, 1.807) is 18.4 Å². The van der Waals surface area contributed by atoms with Gasteiger partial charge < -0.3 is 19.5 Å². The van der Waals surface area contributed by atoms with Gasteiger partial charge in [0.25, 0.3) is 5.69 Å². The van der Waals surface area contributed by atoms with Crippen LogP contribution in [-0.2, 0) is 13.1 Å². The lowest BCUT2D eigenvalue weighted by atomic mass is 10.2. The SMILES string of the molecule is Cc1ccc(C(C)NC(=NCc2ccc([N+](=O)[O-])cc2)NCc2ccco2)o1. The molecule has 8 heteroatoms. The summed E-state index contributed by atoms with van der Waals surface area (Å²) >= 11 is 0. The molecule has 1 atom stereocenters. The zero-order valence-electron chi connectivity index (χ0n) is 15.7. The van der Waals surface area contributed by atoms with Gasteiger partial charge in [-0.3, -0.25) is 10.1 Å². The van der Waals surface area contributed by atoms with E-state index in [1.165, 1.54) is 12.1 Å². The van der Waals surface area contributed by atoms with Gasteiger partial charge in [0, 0.05) is 12.1 Å². The Morgan fingerprint density at radius 3 is 2.61 bits per heavy atom. The Labute approximate surface area is 162 Å². The molecule has 2 heterocycles. The van der Waals surface area contributed by atoms with Crippen molar-refractivity contribution in [3.8, 4) is 0 Å². The second kappa shape index (κ2) is 8.90. The Morgan fingerprint density at radius 2 is 2.00 bits per heavy atom. The maximum atomic E-state index is 10.8. The number of hydrogen-bond donors (Lipinski definition) is 2. The molecule has 0 bridgehead atoms. The Hall–Kier alpha value is -3.55. The molecule has 2 N–H and O–H groups in total. The second-order valence-electron chi connectivity index (χ2n) is 6.34. The van der Waals surface area contributed by atoms with Crippen molar-refractivity contribution >= 4 is 11.6 Å². The monoisotopic (exact) mass is 382 g/mol. The molecule has 0 radical (unpaired) electrons. The van der Waals surface area contributed by atoms with Gasteiger partial charge in [-0.25, -0.2) is 4.99 Å². The van der Waals surface area contributed by atoms with Crippen LogP contribution in [0.2, 0.25) is 0 Å². The highest BCUT2D eigenvalue weighted by Gasteiger charge is 2.12. The summed E-state index contributed by atoms with van der Waals surface area (Å²) in [6.07, 6.45) is 1.62. The number of guanidine groups is 1. The van der Waals surface area contributed by atoms with Gasteiger partial charge in [-0.05, 0) is 43.7 Å². The van der Waals surface area contributed by atoms with Crippen LogP contribution in [0.4, 0.5) is 5.69 Å². The molecule has 1 aromatic carbocycles. The van der Waals surface area contributed by atoms with Crippen molar-refractivity contribution in [2.24, 2.45) is 4.99 Å². The van der Waals surface area contributed by atoms with Crippen molar-refractivity contribution in [1.29, 1.82) is 0 Å². The third kappa shape index (κ3) is 5.23. The molecule has 3 aromatic rings. The summed E-state index contributed by atoms with van der Waals surface area (Å²) in [5.41, 5.74) is 0.926. The van der Waals surface area contributed by atoms with Crippen LogP contribution in [0.25, 0.3) is 0 Å². The topological polar surface area (TPSA) is 106 Å². The van der Waals surface area contributed by atoms with Crippen LogP contribution >= 0.6 is 0 Å². The zero-order chi connectivity index (χ0) is 19.9. The molecule has 3 rings (SSSR count). The Bertz CT molecular complexity index is 930. The normalized spacial score (nSPS) is 12.6. The lowest BCUT2D eigenvalue weighted by Gasteiger charge is -2.16. The molecule has 0 aliphatic rings. The number of aryl methyl sites for hydroxylation is 1. The third-order valence-corrected chi connectivity index (χ3v) is 4.12. The summed E-state index contributed by atoms with van der Waals surface area (Å²) in [5, 5.41) is 17.3. The van der Waals surface area contributed by atoms with Gasteiger partial charge in [0.05, 0.1) is 30.3 Å². The predicted octanol–water partition coefficient (Wildman–Crippen LogP) is 4.09. The average molecular weight is 382 g/mol. The maximum absolute atomic E-state index is 10.8. The fourth-order valence-corrected chi connectivity index (χ4v) is 2.59. The van der Waals surface area contributed by atoms with E-state index in [0.29, 0.717) is 19.0 Å². The van der Waals surface area contributed by atoms with Gasteiger partial charge >= 0.3 is 0 Å². The zero-order valence-corrected chi connectivity index (χ0v) is 15.7. The van der Waals surface area contributed by atoms with Crippen LogP contribution in [0.5, 0.6) is 0 Å². The van der Waals surface area contributed by atoms with Crippen molar-refractivity contribution in [3.63, 3.8) is 0 Å². The Kier molecular flexibility index (Phi) is 6.11. The number of nitro groups is 1. The first kappa shape index (κ1) is 19.2. The van der Waals surface area contributed by atoms with E-state index in [9.17, 15) is 10.1 Å². The Morgan fingerprint density at radius 1 is 1.21 bits per heavy atom. The van der Waals surface area contributed by atoms with Gasteiger partial charge in [-0.15, -0.1) is 0 Å². The van der Waals surface area contributed by atoms with E-state index >= 15 is 0 Å². The lowest BCUT2D eigenvalue weighted by Crippen LogP contribution is -2.38. The highest BCUT2D eigenvalue weighted by Crippen LogP contribution is 2.16. The van der Waals surface area contributed by atoms with Crippen LogP contribution < -0.4 is 10.6 Å². The highest BCUT2D eigenvalue weighted by molar-refractivity contribution is 5.80. The summed E-state index contributed by atoms with van der Waals surface area (Å²) in [7, 11) is 0. The molecule has 0 aliphatic carbocycles. The van der Waals surface area contributed by atoms with E-state index in [-0.39, 0.29) is 11.7 Å². The summed E-state index contributed by atoms with van der Waals surface area (Å²) in [4.78, 5) is 14.9. The van der Waals surface area contributed by atoms with Gasteiger partial charge in [0.2, 0.25) is 0 Å². The van der Waals surface area contributed by atoms with Crippen molar-refractivity contribution in [3.05, 3.63) is 87.8 Å². The molecule has 28 heavy (non-hydrogen) atoms. The molecule has 146 valence electrons. The molecule has 0 spiro atoms. The standard InChI is InChI=1S/C20H22N4O4/c1-14-5-10-19(28-14)15(2)23-20(22-13-18-4-3-11-27-18)21-12-16-6-8-17(9-7-16)24(25)26/h3-11,15H,12-13H2,1-2H3,(H2,21,22,23). The van der Waals surface area contributed by atoms with Crippen molar-refractivity contribution in [2.45, 2.75) is 33.0 Å². The number of nitro benzene ring substituents is 1. The number of rotatable bonds is 7. The second-order valence-corrected chi connectivity index (χ2v) is 6.34. The van der Waals surface area contributed by atoms with Gasteiger partial charge in [0.1, 0.15) is 17.3 Å². The molecular weight excluding hydrogens is 360 g/mol. The van der Waals surface area contributed by atoms with Gasteiger partial charge in [-0.1, -0.05) is 12.1 Å². The number of hydrogen-bond acceptors (Lipinski definition) is 5. The number of aliphatic imine (C=N–C) groups is 1. The molecule has 0 saturated heterocycles. The van der Waals surface area contributed by atoms with Crippen LogP contribution in [0.3, 0.4) is 0 Å². The van der Waals surface area contributed by atoms with Crippen molar-refractivity contribution in [2.75, 3.05) is 0 Å². The van der Waals surface area contributed by atoms with Gasteiger partial charge in [0.15, 0.2) is 5.96 Å². The number of nitrogens with one attached hydrogen (secondary N) is 2. The third-order valence-electron chi connectivity index (χ3n) is 4.12. The van der Waals surface area contributed by atoms with E-state index in [1.807, 2.05) is 38.1 Å². The number of furan rings is 2. The van der Waals surface area contributed by atoms with Crippen molar-refractivity contribution < 1.29 is 13.8 Å². The number of benzene rings is 1. The summed E-state index contributed by atoms with van der Waals surface area (Å²) in [6.45, 7) is 4.72. The Balaban J connectivity index is 1.70. The molecular formula is C20H22N4O4. The molecule has 2 aromatic heterocycles. The fraction of sp³-hybridized carbons (Fsp3) is 0.250. The van der Waals surface area contributed by atoms with E-state index in [0.717, 1.165) is 22.8 Å². The van der Waals surface area contributed by atoms with Crippen LogP contribution in [0.1, 0.15) is 35.8 Å². The average Bonchev–Trinajstić information content (AvgIpc) is 3.36. The van der Waals surface area contributed by atoms with Crippen LogP contribution in [-0.4, -0.2) is 10.9 Å². The first-order chi connectivity index (χ1) is 13.5. The largest absolute Gasteiger partial charge is 0.467 e. The van der Waals surface area contributed by atoms with Crippen LogP contribution in [0.15, 0.2) is 68.6 Å². The maximum Gasteiger partial charge on any atom is 0.269 e. The minimum atomic E-state index is -0.419. The van der Waals surface area contributed by atoms with E-state index in [2.05, 4.69) is 15.6 Å². The number of nitrogens with zero attached hydrogens (tertiary/aromatic N) is 2. The van der Waals surface area contributed by atoms with E-state index in [4.69, 9.17) is 8.83 Å². The summed E-state index contributed by atoms with van der Waals surface area (Å²) in [6, 6.07) is 13.8. The smallest absolute Gasteiger partial charge is 0.269 e. The van der Waals surface area contributed by atoms with E-state index < -0.39 is 4.92 Å². The predicted molar refractivity (Wildman–Crippen MR) is 105 cm³/mol. The fourth-order valence-electron chi connectivity index (χ4n) is 2.59. The number of non-ortho nitro benzene ring substituents is 1. The van der Waals surface area contributed by atoms with Crippen LogP contribution in [0, 0.1) is 17.0 Å².